The maximum atomic E-state index is 13.1. The third-order valence-electron chi connectivity index (χ3n) is 5.19. The van der Waals surface area contributed by atoms with E-state index >= 15 is 0 Å². The first kappa shape index (κ1) is 17.5. The van der Waals surface area contributed by atoms with Gasteiger partial charge in [0.25, 0.3) is 5.56 Å². The molecule has 0 unspecified atom stereocenters. The van der Waals surface area contributed by atoms with Crippen LogP contribution in [0, 0.1) is 20.8 Å². The molecule has 0 atom stereocenters. The van der Waals surface area contributed by atoms with E-state index in [4.69, 9.17) is 0 Å². The Hall–Kier alpha value is -2.96. The van der Waals surface area contributed by atoms with Gasteiger partial charge in [0.15, 0.2) is 0 Å². The first-order chi connectivity index (χ1) is 13.0. The number of aryl methyl sites for hydroxylation is 3. The Labute approximate surface area is 157 Å². The predicted octanol–water partition coefficient (Wildman–Crippen LogP) is 2.13. The summed E-state index contributed by atoms with van der Waals surface area (Å²) in [6.07, 6.45) is 3.71. The van der Waals surface area contributed by atoms with E-state index in [0.717, 1.165) is 42.7 Å². The van der Waals surface area contributed by atoms with Gasteiger partial charge in [-0.1, -0.05) is 17.7 Å². The predicted molar refractivity (Wildman–Crippen MR) is 103 cm³/mol. The molecule has 7 heteroatoms. The standard InChI is InChI=1S/C20H23N5O2/c1-13-6-7-17(14(2)10-13)25-19-16(11-21-25)15(3)22-24(20(19)27)12-18(26)23-8-4-5-9-23/h6-7,10-11H,4-5,8-9,12H2,1-3H3. The lowest BCUT2D eigenvalue weighted by Crippen LogP contribution is -2.36. The molecule has 0 spiro atoms. The second-order valence-corrected chi connectivity index (χ2v) is 7.24. The summed E-state index contributed by atoms with van der Waals surface area (Å²) in [5.74, 6) is -0.0570. The number of aromatic nitrogens is 4. The number of hydrogen-bond acceptors (Lipinski definition) is 4. The lowest BCUT2D eigenvalue weighted by atomic mass is 10.1. The van der Waals surface area contributed by atoms with E-state index in [1.165, 1.54) is 4.68 Å². The number of benzene rings is 1. The monoisotopic (exact) mass is 365 g/mol. The third kappa shape index (κ3) is 3.03. The van der Waals surface area contributed by atoms with Crippen LogP contribution < -0.4 is 5.56 Å². The molecule has 0 N–H and O–H groups in total. The van der Waals surface area contributed by atoms with Crippen molar-refractivity contribution < 1.29 is 4.79 Å². The summed E-state index contributed by atoms with van der Waals surface area (Å²) in [6, 6.07) is 6.03. The Bertz CT molecular complexity index is 1090. The van der Waals surface area contributed by atoms with Crippen LogP contribution in [0.2, 0.25) is 0 Å². The minimum atomic E-state index is -0.291. The van der Waals surface area contributed by atoms with Crippen LogP contribution in [0.4, 0.5) is 0 Å². The zero-order valence-corrected chi connectivity index (χ0v) is 15.9. The van der Waals surface area contributed by atoms with Crippen molar-refractivity contribution in [3.05, 3.63) is 51.6 Å². The largest absolute Gasteiger partial charge is 0.341 e. The molecule has 3 aromatic rings. The fraction of sp³-hybridized carbons (Fsp3) is 0.400. The van der Waals surface area contributed by atoms with E-state index in [1.54, 1.807) is 15.8 Å². The number of amides is 1. The molecule has 140 valence electrons. The van der Waals surface area contributed by atoms with Crippen LogP contribution in [0.25, 0.3) is 16.6 Å². The summed E-state index contributed by atoms with van der Waals surface area (Å²) in [4.78, 5) is 27.4. The van der Waals surface area contributed by atoms with E-state index in [9.17, 15) is 9.59 Å². The van der Waals surface area contributed by atoms with E-state index in [-0.39, 0.29) is 18.0 Å². The van der Waals surface area contributed by atoms with Gasteiger partial charge in [-0.25, -0.2) is 9.36 Å². The second-order valence-electron chi connectivity index (χ2n) is 7.24. The first-order valence-electron chi connectivity index (χ1n) is 9.26. The molecule has 0 saturated carbocycles. The summed E-state index contributed by atoms with van der Waals surface area (Å²) in [6.45, 7) is 7.35. The summed E-state index contributed by atoms with van der Waals surface area (Å²) in [5.41, 5.74) is 3.91. The summed E-state index contributed by atoms with van der Waals surface area (Å²) < 4.78 is 2.94. The second kappa shape index (κ2) is 6.64. The van der Waals surface area contributed by atoms with E-state index in [0.29, 0.717) is 16.6 Å². The number of rotatable bonds is 3. The molecule has 27 heavy (non-hydrogen) atoms. The van der Waals surface area contributed by atoms with Gasteiger partial charge in [-0.05, 0) is 45.2 Å². The molecule has 1 fully saturated rings. The minimum Gasteiger partial charge on any atom is -0.341 e. The summed E-state index contributed by atoms with van der Waals surface area (Å²) in [5, 5.41) is 9.52. The maximum Gasteiger partial charge on any atom is 0.293 e. The van der Waals surface area contributed by atoms with Crippen molar-refractivity contribution in [1.82, 2.24) is 24.5 Å². The number of carbonyl (C=O) groups excluding carboxylic acids is 1. The highest BCUT2D eigenvalue weighted by atomic mass is 16.2. The number of nitrogens with zero attached hydrogens (tertiary/aromatic N) is 5. The Morgan fingerprint density at radius 1 is 1.15 bits per heavy atom. The number of hydrogen-bond donors (Lipinski definition) is 0. The maximum absolute atomic E-state index is 13.1. The molecule has 1 saturated heterocycles. The first-order valence-corrected chi connectivity index (χ1v) is 9.26. The van der Waals surface area contributed by atoms with Gasteiger partial charge in [-0.2, -0.15) is 10.2 Å². The average Bonchev–Trinajstić information content (AvgIpc) is 3.29. The van der Waals surface area contributed by atoms with Gasteiger partial charge < -0.3 is 4.90 Å². The van der Waals surface area contributed by atoms with Crippen LogP contribution >= 0.6 is 0 Å². The lowest BCUT2D eigenvalue weighted by Gasteiger charge is -2.16. The van der Waals surface area contributed by atoms with Crippen molar-refractivity contribution in [2.24, 2.45) is 0 Å². The van der Waals surface area contributed by atoms with Crippen molar-refractivity contribution in [2.45, 2.75) is 40.2 Å². The smallest absolute Gasteiger partial charge is 0.293 e. The molecule has 0 radical (unpaired) electrons. The fourth-order valence-corrected chi connectivity index (χ4v) is 3.75. The number of carbonyl (C=O) groups is 1. The van der Waals surface area contributed by atoms with Crippen LogP contribution in [-0.2, 0) is 11.3 Å². The number of fused-ring (bicyclic) bond motifs is 1. The highest BCUT2D eigenvalue weighted by Crippen LogP contribution is 2.20. The van der Waals surface area contributed by atoms with Gasteiger partial charge >= 0.3 is 0 Å². The van der Waals surface area contributed by atoms with E-state index < -0.39 is 0 Å². The zero-order chi connectivity index (χ0) is 19.1. The van der Waals surface area contributed by atoms with Crippen molar-refractivity contribution in [1.29, 1.82) is 0 Å². The van der Waals surface area contributed by atoms with Crippen molar-refractivity contribution >= 4 is 16.8 Å². The summed E-state index contributed by atoms with van der Waals surface area (Å²) >= 11 is 0. The zero-order valence-electron chi connectivity index (χ0n) is 15.9. The van der Waals surface area contributed by atoms with Gasteiger partial charge in [-0.15, -0.1) is 0 Å². The highest BCUT2D eigenvalue weighted by molar-refractivity contribution is 5.82. The van der Waals surface area contributed by atoms with Crippen molar-refractivity contribution in [3.63, 3.8) is 0 Å². The molecule has 3 heterocycles. The van der Waals surface area contributed by atoms with E-state index in [2.05, 4.69) is 16.3 Å². The average molecular weight is 365 g/mol. The molecular weight excluding hydrogens is 342 g/mol. The molecule has 7 nitrogen and oxygen atoms in total. The normalized spacial score (nSPS) is 14.3. The van der Waals surface area contributed by atoms with Crippen molar-refractivity contribution in [2.75, 3.05) is 13.1 Å². The van der Waals surface area contributed by atoms with Gasteiger partial charge in [0.2, 0.25) is 5.91 Å². The van der Waals surface area contributed by atoms with Gasteiger partial charge in [0.1, 0.15) is 12.1 Å². The van der Waals surface area contributed by atoms with E-state index in [1.807, 2.05) is 32.9 Å². The van der Waals surface area contributed by atoms with Gasteiger partial charge in [-0.3, -0.25) is 9.59 Å². The molecule has 1 aliphatic heterocycles. The van der Waals surface area contributed by atoms with Gasteiger partial charge in [0.05, 0.1) is 17.6 Å². The molecule has 1 amide bonds. The van der Waals surface area contributed by atoms with Gasteiger partial charge in [0, 0.05) is 18.5 Å². The molecule has 1 aromatic carbocycles. The summed E-state index contributed by atoms with van der Waals surface area (Å²) in [7, 11) is 0. The molecule has 0 bridgehead atoms. The van der Waals surface area contributed by atoms with Crippen molar-refractivity contribution in [3.8, 4) is 5.69 Å². The van der Waals surface area contributed by atoms with Crippen LogP contribution in [0.5, 0.6) is 0 Å². The van der Waals surface area contributed by atoms with Crippen LogP contribution in [-0.4, -0.2) is 43.5 Å². The fourth-order valence-electron chi connectivity index (χ4n) is 3.75. The number of likely N-dealkylation sites (tertiary alicyclic amines) is 1. The molecule has 1 aliphatic rings. The van der Waals surface area contributed by atoms with Crippen LogP contribution in [0.3, 0.4) is 0 Å². The molecule has 4 rings (SSSR count). The Morgan fingerprint density at radius 2 is 1.89 bits per heavy atom. The molecule has 0 aliphatic carbocycles. The molecular formula is C20H23N5O2. The Balaban J connectivity index is 1.82. The quantitative estimate of drug-likeness (QED) is 0.713. The Morgan fingerprint density at radius 3 is 2.59 bits per heavy atom. The third-order valence-corrected chi connectivity index (χ3v) is 5.19. The Kier molecular flexibility index (Phi) is 4.30. The van der Waals surface area contributed by atoms with Crippen LogP contribution in [0.15, 0.2) is 29.2 Å². The lowest BCUT2D eigenvalue weighted by molar-refractivity contribution is -0.131. The highest BCUT2D eigenvalue weighted by Gasteiger charge is 2.21. The SMILES string of the molecule is Cc1ccc(-n2ncc3c(C)nn(CC(=O)N4CCCC4)c(=O)c32)c(C)c1. The molecule has 2 aromatic heterocycles. The minimum absolute atomic E-state index is 0.0341. The van der Waals surface area contributed by atoms with Crippen LogP contribution in [0.1, 0.15) is 29.7 Å². The topological polar surface area (TPSA) is 73.0 Å².